The lowest BCUT2D eigenvalue weighted by Crippen LogP contribution is -2.42. The van der Waals surface area contributed by atoms with Gasteiger partial charge in [0.05, 0.1) is 16.6 Å². The second-order valence-electron chi connectivity index (χ2n) is 4.64. The van der Waals surface area contributed by atoms with Crippen LogP contribution in [0.5, 0.6) is 0 Å². The van der Waals surface area contributed by atoms with Gasteiger partial charge in [0.2, 0.25) is 0 Å². The van der Waals surface area contributed by atoms with Crippen molar-refractivity contribution in [3.05, 3.63) is 35.4 Å². The Morgan fingerprint density at radius 2 is 2.10 bits per heavy atom. The van der Waals surface area contributed by atoms with E-state index in [9.17, 15) is 18.0 Å². The van der Waals surface area contributed by atoms with E-state index in [2.05, 4.69) is 0 Å². The van der Waals surface area contributed by atoms with Crippen molar-refractivity contribution in [2.45, 2.75) is 25.1 Å². The van der Waals surface area contributed by atoms with Crippen LogP contribution in [0.4, 0.5) is 13.2 Å². The third-order valence-electron chi connectivity index (χ3n) is 3.28. The fraction of sp³-hybridized carbons (Fsp3) is 0.385. The fourth-order valence-electron chi connectivity index (χ4n) is 2.30. The van der Waals surface area contributed by atoms with Crippen LogP contribution in [-0.2, 0) is 6.18 Å². The molecule has 0 aromatic heterocycles. The van der Waals surface area contributed by atoms with Crippen molar-refractivity contribution in [2.75, 3.05) is 6.54 Å². The molecule has 2 rings (SSSR count). The third-order valence-corrected chi connectivity index (χ3v) is 3.55. The summed E-state index contributed by atoms with van der Waals surface area (Å²) in [5.41, 5.74) is 4.72. The Morgan fingerprint density at radius 1 is 1.40 bits per heavy atom. The summed E-state index contributed by atoms with van der Waals surface area (Å²) in [6.45, 7) is 0.455. The van der Waals surface area contributed by atoms with Gasteiger partial charge in [0.15, 0.2) is 0 Å². The molecule has 1 aromatic rings. The van der Waals surface area contributed by atoms with E-state index < -0.39 is 17.6 Å². The maximum absolute atomic E-state index is 12.6. The van der Waals surface area contributed by atoms with Crippen LogP contribution < -0.4 is 5.73 Å². The molecule has 1 atom stereocenters. The topological polar surface area (TPSA) is 46.3 Å². The molecule has 0 spiro atoms. The van der Waals surface area contributed by atoms with Crippen LogP contribution in [0.1, 0.15) is 28.8 Å². The highest BCUT2D eigenvalue weighted by Crippen LogP contribution is 2.30. The minimum Gasteiger partial charge on any atom is -0.392 e. The van der Waals surface area contributed by atoms with Crippen molar-refractivity contribution in [3.8, 4) is 0 Å². The van der Waals surface area contributed by atoms with E-state index in [-0.39, 0.29) is 16.6 Å². The van der Waals surface area contributed by atoms with Crippen molar-refractivity contribution in [3.63, 3.8) is 0 Å². The average Bonchev–Trinajstić information content (AvgIpc) is 2.86. The number of hydrogen-bond donors (Lipinski definition) is 1. The van der Waals surface area contributed by atoms with Gasteiger partial charge in [0.1, 0.15) is 0 Å². The third kappa shape index (κ3) is 2.92. The Kier molecular flexibility index (Phi) is 3.99. The minimum atomic E-state index is -4.47. The van der Waals surface area contributed by atoms with Crippen molar-refractivity contribution >= 4 is 23.1 Å². The number of alkyl halides is 3. The average molecular weight is 302 g/mol. The van der Waals surface area contributed by atoms with Gasteiger partial charge in [-0.05, 0) is 31.0 Å². The Morgan fingerprint density at radius 3 is 2.70 bits per heavy atom. The molecule has 20 heavy (non-hydrogen) atoms. The number of benzene rings is 1. The molecule has 1 aliphatic rings. The molecule has 1 aromatic carbocycles. The van der Waals surface area contributed by atoms with Crippen LogP contribution >= 0.6 is 12.2 Å². The van der Waals surface area contributed by atoms with Gasteiger partial charge in [-0.25, -0.2) is 0 Å². The summed E-state index contributed by atoms with van der Waals surface area (Å²) in [4.78, 5) is 13.9. The summed E-state index contributed by atoms with van der Waals surface area (Å²) in [7, 11) is 0. The molecule has 1 amide bonds. The number of rotatable bonds is 2. The number of carbonyl (C=O) groups is 1. The molecule has 1 fully saturated rings. The molecule has 1 aliphatic heterocycles. The van der Waals surface area contributed by atoms with Crippen LogP contribution in [0, 0.1) is 0 Å². The van der Waals surface area contributed by atoms with Gasteiger partial charge < -0.3 is 10.6 Å². The standard InChI is InChI=1S/C13H13F3N2OS/c14-13(15,16)9-4-1-3-8(7-9)12(19)18-6-2-5-10(18)11(17)20/h1,3-4,7,10H,2,5-6H2,(H2,17,20). The van der Waals surface area contributed by atoms with Crippen LogP contribution in [0.3, 0.4) is 0 Å². The monoisotopic (exact) mass is 302 g/mol. The number of hydrogen-bond acceptors (Lipinski definition) is 2. The second kappa shape index (κ2) is 5.40. The molecule has 0 radical (unpaired) electrons. The summed E-state index contributed by atoms with van der Waals surface area (Å²) >= 11 is 4.89. The summed E-state index contributed by atoms with van der Waals surface area (Å²) in [5, 5.41) is 0. The number of halogens is 3. The minimum absolute atomic E-state index is 0.00275. The summed E-state index contributed by atoms with van der Waals surface area (Å²) in [6.07, 6.45) is -3.07. The summed E-state index contributed by atoms with van der Waals surface area (Å²) < 4.78 is 37.9. The van der Waals surface area contributed by atoms with Gasteiger partial charge in [0.25, 0.3) is 5.91 Å². The van der Waals surface area contributed by atoms with E-state index >= 15 is 0 Å². The van der Waals surface area contributed by atoms with Gasteiger partial charge in [-0.2, -0.15) is 13.2 Å². The first kappa shape index (κ1) is 14.8. The predicted octanol–water partition coefficient (Wildman–Crippen LogP) is 2.60. The second-order valence-corrected chi connectivity index (χ2v) is 5.11. The maximum Gasteiger partial charge on any atom is 0.416 e. The number of nitrogens with zero attached hydrogens (tertiary/aromatic N) is 1. The van der Waals surface area contributed by atoms with E-state index in [0.29, 0.717) is 13.0 Å². The highest BCUT2D eigenvalue weighted by atomic mass is 32.1. The molecule has 2 N–H and O–H groups in total. The molecule has 108 valence electrons. The van der Waals surface area contributed by atoms with E-state index in [1.807, 2.05) is 0 Å². The molecule has 1 saturated heterocycles. The SMILES string of the molecule is NC(=S)C1CCCN1C(=O)c1cccc(C(F)(F)F)c1. The molecule has 1 unspecified atom stereocenters. The largest absolute Gasteiger partial charge is 0.416 e. The zero-order chi connectivity index (χ0) is 14.9. The molecular formula is C13H13F3N2OS. The molecule has 0 bridgehead atoms. The quantitative estimate of drug-likeness (QED) is 0.854. The normalized spacial score (nSPS) is 19.1. The van der Waals surface area contributed by atoms with Gasteiger partial charge in [-0.1, -0.05) is 18.3 Å². The number of nitrogens with two attached hydrogens (primary N) is 1. The lowest BCUT2D eigenvalue weighted by Gasteiger charge is -2.24. The zero-order valence-electron chi connectivity index (χ0n) is 10.5. The Balaban J connectivity index is 2.28. The smallest absolute Gasteiger partial charge is 0.392 e. The van der Waals surface area contributed by atoms with Crippen molar-refractivity contribution in [1.82, 2.24) is 4.90 Å². The number of likely N-dealkylation sites (tertiary alicyclic amines) is 1. The highest BCUT2D eigenvalue weighted by molar-refractivity contribution is 7.80. The van der Waals surface area contributed by atoms with E-state index in [0.717, 1.165) is 18.6 Å². The van der Waals surface area contributed by atoms with Crippen molar-refractivity contribution in [1.29, 1.82) is 0 Å². The van der Waals surface area contributed by atoms with E-state index in [4.69, 9.17) is 18.0 Å². The lowest BCUT2D eigenvalue weighted by molar-refractivity contribution is -0.137. The van der Waals surface area contributed by atoms with Gasteiger partial charge in [0, 0.05) is 12.1 Å². The highest BCUT2D eigenvalue weighted by Gasteiger charge is 2.34. The van der Waals surface area contributed by atoms with E-state index in [1.54, 1.807) is 0 Å². The van der Waals surface area contributed by atoms with Crippen LogP contribution in [0.25, 0.3) is 0 Å². The number of amides is 1. The lowest BCUT2D eigenvalue weighted by atomic mass is 10.1. The maximum atomic E-state index is 12.6. The van der Waals surface area contributed by atoms with Gasteiger partial charge >= 0.3 is 6.18 Å². The van der Waals surface area contributed by atoms with E-state index in [1.165, 1.54) is 17.0 Å². The predicted molar refractivity (Wildman–Crippen MR) is 72.3 cm³/mol. The molecular weight excluding hydrogens is 289 g/mol. The first-order valence-corrected chi connectivity index (χ1v) is 6.49. The Hall–Kier alpha value is -1.63. The summed E-state index contributed by atoms with van der Waals surface area (Å²) in [5.74, 6) is -0.466. The van der Waals surface area contributed by atoms with Crippen LogP contribution in [0.2, 0.25) is 0 Å². The Bertz CT molecular complexity index is 545. The molecule has 1 heterocycles. The fourth-order valence-corrected chi connectivity index (χ4v) is 2.55. The molecule has 3 nitrogen and oxygen atoms in total. The Labute approximate surface area is 119 Å². The number of carbonyl (C=O) groups excluding carboxylic acids is 1. The van der Waals surface area contributed by atoms with Crippen molar-refractivity contribution < 1.29 is 18.0 Å². The zero-order valence-corrected chi connectivity index (χ0v) is 11.3. The van der Waals surface area contributed by atoms with Crippen molar-refractivity contribution in [2.24, 2.45) is 5.73 Å². The van der Waals surface area contributed by atoms with Gasteiger partial charge in [-0.3, -0.25) is 4.79 Å². The molecule has 7 heteroatoms. The number of thiocarbonyl (C=S) groups is 1. The first-order chi connectivity index (χ1) is 9.30. The summed E-state index contributed by atoms with van der Waals surface area (Å²) in [6, 6.07) is 4.02. The van der Waals surface area contributed by atoms with Crippen LogP contribution in [0.15, 0.2) is 24.3 Å². The molecule has 0 saturated carbocycles. The van der Waals surface area contributed by atoms with Crippen LogP contribution in [-0.4, -0.2) is 28.4 Å². The first-order valence-electron chi connectivity index (χ1n) is 6.08. The van der Waals surface area contributed by atoms with Gasteiger partial charge in [-0.15, -0.1) is 0 Å². The molecule has 0 aliphatic carbocycles.